The van der Waals surface area contributed by atoms with Crippen molar-refractivity contribution < 1.29 is 5.21 Å². The van der Waals surface area contributed by atoms with E-state index in [1.807, 2.05) is 36.4 Å². The van der Waals surface area contributed by atoms with Gasteiger partial charge in [0.15, 0.2) is 0 Å². The Kier molecular flexibility index (Phi) is 3.59. The summed E-state index contributed by atoms with van der Waals surface area (Å²) in [5.74, 6) is 0.296. The number of nitrogens with zero attached hydrogens (tertiary/aromatic N) is 1. The summed E-state index contributed by atoms with van der Waals surface area (Å²) in [6.45, 7) is 0. The predicted molar refractivity (Wildman–Crippen MR) is 79.1 cm³/mol. The summed E-state index contributed by atoms with van der Waals surface area (Å²) in [6, 6.07) is 13.3. The second-order valence-electron chi connectivity index (χ2n) is 5.52. The molecule has 0 aliphatic heterocycles. The molecule has 3 rings (SSSR count). The summed E-state index contributed by atoms with van der Waals surface area (Å²) in [6.07, 6.45) is 5.71. The molecule has 1 aliphatic rings. The highest BCUT2D eigenvalue weighted by Gasteiger charge is 2.20. The molecule has 1 aliphatic carbocycles. The first-order valence-electron chi connectivity index (χ1n) is 7.27. The van der Waals surface area contributed by atoms with Crippen molar-refractivity contribution in [3.05, 3.63) is 58.5 Å². The van der Waals surface area contributed by atoms with Crippen LogP contribution in [-0.2, 0) is 0 Å². The zero-order chi connectivity index (χ0) is 13.9. The number of hydrogen-bond donors (Lipinski definition) is 1. The van der Waals surface area contributed by atoms with Crippen molar-refractivity contribution in [2.24, 2.45) is 0 Å². The Balaban J connectivity index is 2.06. The van der Waals surface area contributed by atoms with Gasteiger partial charge in [0, 0.05) is 12.0 Å². The van der Waals surface area contributed by atoms with Crippen LogP contribution in [0, 0.1) is 0 Å². The first-order valence-corrected chi connectivity index (χ1v) is 7.27. The summed E-state index contributed by atoms with van der Waals surface area (Å²) in [5, 5.41) is 10.0. The van der Waals surface area contributed by atoms with Gasteiger partial charge in [0.1, 0.15) is 0 Å². The molecule has 3 nitrogen and oxygen atoms in total. The third-order valence-electron chi connectivity index (χ3n) is 4.17. The molecule has 1 fully saturated rings. The fourth-order valence-corrected chi connectivity index (χ4v) is 3.07. The SMILES string of the molecule is O=c1cc(-c2ccccc2)cc(C2CCCCC2)n1O. The second kappa shape index (κ2) is 5.53. The Morgan fingerprint density at radius 1 is 0.950 bits per heavy atom. The molecular weight excluding hydrogens is 250 g/mol. The van der Waals surface area contributed by atoms with Crippen LogP contribution in [0.1, 0.15) is 43.7 Å². The summed E-state index contributed by atoms with van der Waals surface area (Å²) in [4.78, 5) is 12.0. The minimum atomic E-state index is -0.341. The zero-order valence-corrected chi connectivity index (χ0v) is 11.5. The molecule has 1 aromatic carbocycles. The maximum Gasteiger partial charge on any atom is 0.283 e. The minimum Gasteiger partial charge on any atom is -0.425 e. The molecule has 1 heterocycles. The molecule has 0 atom stereocenters. The molecule has 0 radical (unpaired) electrons. The van der Waals surface area contributed by atoms with E-state index in [2.05, 4.69) is 0 Å². The van der Waals surface area contributed by atoms with Gasteiger partial charge >= 0.3 is 0 Å². The van der Waals surface area contributed by atoms with Gasteiger partial charge in [-0.15, -0.1) is 0 Å². The van der Waals surface area contributed by atoms with E-state index in [1.165, 1.54) is 25.3 Å². The Bertz CT molecular complexity index is 640. The summed E-state index contributed by atoms with van der Waals surface area (Å²) >= 11 is 0. The monoisotopic (exact) mass is 269 g/mol. The number of rotatable bonds is 2. The van der Waals surface area contributed by atoms with E-state index in [-0.39, 0.29) is 5.56 Å². The first-order chi connectivity index (χ1) is 9.75. The Labute approximate surface area is 118 Å². The highest BCUT2D eigenvalue weighted by molar-refractivity contribution is 5.63. The second-order valence-corrected chi connectivity index (χ2v) is 5.52. The van der Waals surface area contributed by atoms with Gasteiger partial charge in [0.25, 0.3) is 5.56 Å². The van der Waals surface area contributed by atoms with Crippen molar-refractivity contribution in [1.29, 1.82) is 0 Å². The third kappa shape index (κ3) is 2.48. The van der Waals surface area contributed by atoms with Gasteiger partial charge < -0.3 is 5.21 Å². The molecule has 20 heavy (non-hydrogen) atoms. The van der Waals surface area contributed by atoms with Gasteiger partial charge in [-0.3, -0.25) is 4.79 Å². The summed E-state index contributed by atoms with van der Waals surface area (Å²) < 4.78 is 0.836. The van der Waals surface area contributed by atoms with Crippen LogP contribution >= 0.6 is 0 Å². The fraction of sp³-hybridized carbons (Fsp3) is 0.353. The van der Waals surface area contributed by atoms with Crippen LogP contribution in [-0.4, -0.2) is 9.94 Å². The van der Waals surface area contributed by atoms with Crippen LogP contribution in [0.5, 0.6) is 0 Å². The number of pyridine rings is 1. The van der Waals surface area contributed by atoms with Crippen molar-refractivity contribution in [3.8, 4) is 11.1 Å². The maximum atomic E-state index is 12.0. The van der Waals surface area contributed by atoms with Crippen LogP contribution in [0.25, 0.3) is 11.1 Å². The molecule has 0 saturated heterocycles. The minimum absolute atomic E-state index is 0.296. The van der Waals surface area contributed by atoms with Gasteiger partial charge in [-0.1, -0.05) is 49.6 Å². The van der Waals surface area contributed by atoms with E-state index in [0.29, 0.717) is 5.92 Å². The van der Waals surface area contributed by atoms with Crippen molar-refractivity contribution in [3.63, 3.8) is 0 Å². The van der Waals surface area contributed by atoms with Gasteiger partial charge in [-0.05, 0) is 30.0 Å². The van der Waals surface area contributed by atoms with E-state index in [4.69, 9.17) is 0 Å². The standard InChI is InChI=1S/C17H19NO2/c19-17-12-15(13-7-3-1-4-8-13)11-16(18(17)20)14-9-5-2-6-10-14/h1,3-4,7-8,11-12,14,20H,2,5-6,9-10H2. The first kappa shape index (κ1) is 13.0. The Hall–Kier alpha value is -2.03. The molecule has 1 aromatic heterocycles. The molecule has 2 aromatic rings. The molecule has 104 valence electrons. The molecule has 0 spiro atoms. The highest BCUT2D eigenvalue weighted by atomic mass is 16.5. The predicted octanol–water partition coefficient (Wildman–Crippen LogP) is 3.80. The zero-order valence-electron chi connectivity index (χ0n) is 11.5. The molecule has 1 N–H and O–H groups in total. The summed E-state index contributed by atoms with van der Waals surface area (Å²) in [5.41, 5.74) is 2.33. The van der Waals surface area contributed by atoms with Crippen LogP contribution in [0.15, 0.2) is 47.3 Å². The van der Waals surface area contributed by atoms with E-state index >= 15 is 0 Å². The van der Waals surface area contributed by atoms with Crippen molar-refractivity contribution in [2.75, 3.05) is 0 Å². The molecule has 3 heteroatoms. The van der Waals surface area contributed by atoms with Crippen molar-refractivity contribution in [2.45, 2.75) is 38.0 Å². The molecule has 0 bridgehead atoms. The van der Waals surface area contributed by atoms with Crippen molar-refractivity contribution in [1.82, 2.24) is 4.73 Å². The smallest absolute Gasteiger partial charge is 0.283 e. The van der Waals surface area contributed by atoms with Gasteiger partial charge in [-0.2, -0.15) is 4.73 Å². The van der Waals surface area contributed by atoms with Gasteiger partial charge in [0.2, 0.25) is 0 Å². The van der Waals surface area contributed by atoms with Gasteiger partial charge in [0.05, 0.1) is 5.69 Å². The lowest BCUT2D eigenvalue weighted by atomic mass is 9.86. The van der Waals surface area contributed by atoms with Crippen LogP contribution < -0.4 is 5.56 Å². The quantitative estimate of drug-likeness (QED) is 0.843. The Morgan fingerprint density at radius 2 is 1.65 bits per heavy atom. The van der Waals surface area contributed by atoms with E-state index in [9.17, 15) is 10.0 Å². The maximum absolute atomic E-state index is 12.0. The van der Waals surface area contributed by atoms with Crippen LogP contribution in [0.4, 0.5) is 0 Å². The number of aromatic nitrogens is 1. The lowest BCUT2D eigenvalue weighted by Crippen LogP contribution is -2.23. The lowest BCUT2D eigenvalue weighted by Gasteiger charge is -2.23. The molecule has 0 amide bonds. The molecular formula is C17H19NO2. The van der Waals surface area contributed by atoms with E-state index in [1.54, 1.807) is 0 Å². The lowest BCUT2D eigenvalue weighted by molar-refractivity contribution is 0.157. The molecule has 0 unspecified atom stereocenters. The average Bonchev–Trinajstić information content (AvgIpc) is 2.51. The molecule has 1 saturated carbocycles. The fourth-order valence-electron chi connectivity index (χ4n) is 3.07. The van der Waals surface area contributed by atoms with Gasteiger partial charge in [-0.25, -0.2) is 0 Å². The normalized spacial score (nSPS) is 16.2. The van der Waals surface area contributed by atoms with Crippen LogP contribution in [0.3, 0.4) is 0 Å². The van der Waals surface area contributed by atoms with E-state index in [0.717, 1.165) is 34.4 Å². The Morgan fingerprint density at radius 3 is 2.35 bits per heavy atom. The van der Waals surface area contributed by atoms with E-state index < -0.39 is 0 Å². The van der Waals surface area contributed by atoms with Crippen LogP contribution in [0.2, 0.25) is 0 Å². The number of benzene rings is 1. The average molecular weight is 269 g/mol. The largest absolute Gasteiger partial charge is 0.425 e. The highest BCUT2D eigenvalue weighted by Crippen LogP contribution is 2.33. The summed E-state index contributed by atoms with van der Waals surface area (Å²) in [7, 11) is 0. The topological polar surface area (TPSA) is 42.2 Å². The third-order valence-corrected chi connectivity index (χ3v) is 4.17. The van der Waals surface area contributed by atoms with Crippen molar-refractivity contribution >= 4 is 0 Å². The number of hydrogen-bond acceptors (Lipinski definition) is 2.